The zero-order valence-corrected chi connectivity index (χ0v) is 18.1. The second kappa shape index (κ2) is 8.81. The van der Waals surface area contributed by atoms with E-state index in [4.69, 9.17) is 4.42 Å². The number of nitrogens with one attached hydrogen (secondary N) is 2. The lowest BCUT2D eigenvalue weighted by Crippen LogP contribution is -2.02. The third kappa shape index (κ3) is 4.56. The summed E-state index contributed by atoms with van der Waals surface area (Å²) in [5, 5.41) is 13.8. The zero-order chi connectivity index (χ0) is 22.0. The number of imidazole rings is 1. The second-order valence-electron chi connectivity index (χ2n) is 7.21. The van der Waals surface area contributed by atoms with Crippen LogP contribution in [0.1, 0.15) is 31.4 Å². The minimum atomic E-state index is -0.288. The molecule has 0 aliphatic rings. The number of oxazole rings is 1. The van der Waals surface area contributed by atoms with E-state index in [-0.39, 0.29) is 24.2 Å². The number of hydrogen-bond donors (Lipinski definition) is 3. The first kappa shape index (κ1) is 20.9. The standard InChI is InChI=1S/C22H22FN5O2S/c1-12(2)18-21(29)30-17(26-18)11-25-16-10-14(8-9-24-16)20-19(27-22(28-20)31-3)13-4-6-15(23)7-5-13/h4-10,12,29H,11H2,1-3H3,(H,24,25)(H,27,28). The molecule has 0 saturated carbocycles. The minimum absolute atomic E-state index is 0.0640. The normalized spacial score (nSPS) is 11.3. The monoisotopic (exact) mass is 439 g/mol. The predicted molar refractivity (Wildman–Crippen MR) is 119 cm³/mol. The minimum Gasteiger partial charge on any atom is -0.479 e. The lowest BCUT2D eigenvalue weighted by Gasteiger charge is -2.07. The van der Waals surface area contributed by atoms with Gasteiger partial charge in [0.15, 0.2) is 5.16 Å². The topological polar surface area (TPSA) is 99.9 Å². The molecule has 0 unspecified atom stereocenters. The van der Waals surface area contributed by atoms with E-state index in [9.17, 15) is 9.50 Å². The molecule has 0 saturated heterocycles. The molecular weight excluding hydrogens is 417 g/mol. The van der Waals surface area contributed by atoms with Gasteiger partial charge < -0.3 is 19.8 Å². The van der Waals surface area contributed by atoms with E-state index in [1.807, 2.05) is 32.2 Å². The number of H-pyrrole nitrogens is 1. The van der Waals surface area contributed by atoms with Gasteiger partial charge in [0.05, 0.1) is 17.9 Å². The van der Waals surface area contributed by atoms with Crippen LogP contribution in [0.5, 0.6) is 5.95 Å². The molecule has 0 spiro atoms. The molecule has 3 heterocycles. The van der Waals surface area contributed by atoms with Crippen LogP contribution in [-0.2, 0) is 6.54 Å². The summed E-state index contributed by atoms with van der Waals surface area (Å²) in [6, 6.07) is 10.0. The fourth-order valence-corrected chi connectivity index (χ4v) is 3.53. The molecule has 1 aromatic carbocycles. The number of aromatic hydroxyl groups is 1. The summed E-state index contributed by atoms with van der Waals surface area (Å²) < 4.78 is 18.7. The SMILES string of the molecule is CSc1nc(-c2ccnc(NCc3nc(C(C)C)c(O)o3)c2)c(-c2ccc(F)cc2)[nH]1. The molecule has 0 fully saturated rings. The molecule has 7 nitrogen and oxygen atoms in total. The summed E-state index contributed by atoms with van der Waals surface area (Å²) in [7, 11) is 0. The molecular formula is C22H22FN5O2S. The number of aromatic nitrogens is 4. The Morgan fingerprint density at radius 2 is 1.94 bits per heavy atom. The quantitative estimate of drug-likeness (QED) is 0.330. The predicted octanol–water partition coefficient (Wildman–Crippen LogP) is 5.43. The van der Waals surface area contributed by atoms with Crippen molar-refractivity contribution in [2.45, 2.75) is 31.5 Å². The molecule has 4 rings (SSSR count). The Morgan fingerprint density at radius 1 is 1.16 bits per heavy atom. The van der Waals surface area contributed by atoms with Gasteiger partial charge in [0.25, 0.3) is 0 Å². The first-order valence-electron chi connectivity index (χ1n) is 9.73. The van der Waals surface area contributed by atoms with Crippen LogP contribution in [-0.4, -0.2) is 31.3 Å². The highest BCUT2D eigenvalue weighted by molar-refractivity contribution is 7.98. The van der Waals surface area contributed by atoms with Crippen LogP contribution in [0.25, 0.3) is 22.5 Å². The van der Waals surface area contributed by atoms with Crippen LogP contribution >= 0.6 is 11.8 Å². The Balaban J connectivity index is 1.60. The average molecular weight is 440 g/mol. The van der Waals surface area contributed by atoms with Gasteiger partial charge in [-0.25, -0.2) is 19.3 Å². The molecule has 0 amide bonds. The molecule has 0 atom stereocenters. The Hall–Kier alpha value is -3.33. The Labute approximate surface area is 183 Å². The van der Waals surface area contributed by atoms with Crippen molar-refractivity contribution in [3.63, 3.8) is 0 Å². The van der Waals surface area contributed by atoms with Gasteiger partial charge in [0, 0.05) is 23.2 Å². The Bertz CT molecular complexity index is 1190. The van der Waals surface area contributed by atoms with Crippen molar-refractivity contribution in [1.82, 2.24) is 19.9 Å². The Morgan fingerprint density at radius 3 is 2.61 bits per heavy atom. The van der Waals surface area contributed by atoms with Gasteiger partial charge in [0.2, 0.25) is 5.89 Å². The smallest absolute Gasteiger partial charge is 0.306 e. The number of halogens is 1. The molecule has 0 bridgehead atoms. The Kier molecular flexibility index (Phi) is 5.94. The maximum Gasteiger partial charge on any atom is 0.306 e. The summed E-state index contributed by atoms with van der Waals surface area (Å²) in [4.78, 5) is 16.7. The third-order valence-corrected chi connectivity index (χ3v) is 5.27. The molecule has 0 radical (unpaired) electrons. The molecule has 9 heteroatoms. The number of hydrogen-bond acceptors (Lipinski definition) is 7. The van der Waals surface area contributed by atoms with Crippen LogP contribution in [0, 0.1) is 5.82 Å². The summed E-state index contributed by atoms with van der Waals surface area (Å²) in [5.41, 5.74) is 3.78. The van der Waals surface area contributed by atoms with Gasteiger partial charge in [-0.05, 0) is 42.7 Å². The first-order valence-corrected chi connectivity index (χ1v) is 11.0. The molecule has 160 valence electrons. The van der Waals surface area contributed by atoms with E-state index in [0.717, 1.165) is 27.7 Å². The van der Waals surface area contributed by atoms with Crippen molar-refractivity contribution >= 4 is 17.6 Å². The summed E-state index contributed by atoms with van der Waals surface area (Å²) >= 11 is 1.50. The number of benzene rings is 1. The highest BCUT2D eigenvalue weighted by Gasteiger charge is 2.17. The van der Waals surface area contributed by atoms with Gasteiger partial charge in [-0.1, -0.05) is 25.6 Å². The van der Waals surface area contributed by atoms with E-state index >= 15 is 0 Å². The molecule has 4 aromatic rings. The fraction of sp³-hybridized carbons (Fsp3) is 0.227. The number of aromatic amines is 1. The zero-order valence-electron chi connectivity index (χ0n) is 17.3. The van der Waals surface area contributed by atoms with Crippen molar-refractivity contribution in [2.24, 2.45) is 0 Å². The molecule has 0 aliphatic carbocycles. The number of anilines is 1. The largest absolute Gasteiger partial charge is 0.479 e. The maximum atomic E-state index is 13.4. The third-order valence-electron chi connectivity index (χ3n) is 4.69. The fourth-order valence-electron chi connectivity index (χ4n) is 3.14. The lowest BCUT2D eigenvalue weighted by atomic mass is 10.1. The van der Waals surface area contributed by atoms with Crippen molar-refractivity contribution in [3.8, 4) is 28.5 Å². The van der Waals surface area contributed by atoms with Crippen LogP contribution in [0.4, 0.5) is 10.2 Å². The average Bonchev–Trinajstić information content (AvgIpc) is 3.37. The van der Waals surface area contributed by atoms with Crippen molar-refractivity contribution in [3.05, 3.63) is 60.0 Å². The van der Waals surface area contributed by atoms with Crippen LogP contribution in [0.15, 0.2) is 52.2 Å². The van der Waals surface area contributed by atoms with Gasteiger partial charge in [0.1, 0.15) is 17.3 Å². The van der Waals surface area contributed by atoms with E-state index in [1.54, 1.807) is 18.3 Å². The van der Waals surface area contributed by atoms with Gasteiger partial charge in [-0.3, -0.25) is 0 Å². The number of nitrogens with zero attached hydrogens (tertiary/aromatic N) is 3. The summed E-state index contributed by atoms with van der Waals surface area (Å²) in [6.45, 7) is 4.15. The second-order valence-corrected chi connectivity index (χ2v) is 8.01. The number of pyridine rings is 1. The van der Waals surface area contributed by atoms with Crippen molar-refractivity contribution in [2.75, 3.05) is 11.6 Å². The van der Waals surface area contributed by atoms with E-state index in [1.165, 1.54) is 23.9 Å². The van der Waals surface area contributed by atoms with E-state index in [2.05, 4.69) is 25.3 Å². The van der Waals surface area contributed by atoms with Gasteiger partial charge >= 0.3 is 5.95 Å². The summed E-state index contributed by atoms with van der Waals surface area (Å²) in [5.74, 6) is 0.612. The highest BCUT2D eigenvalue weighted by atomic mass is 32.2. The first-order chi connectivity index (χ1) is 14.9. The van der Waals surface area contributed by atoms with Gasteiger partial charge in [-0.15, -0.1) is 0 Å². The van der Waals surface area contributed by atoms with E-state index in [0.29, 0.717) is 17.4 Å². The van der Waals surface area contributed by atoms with Crippen molar-refractivity contribution < 1.29 is 13.9 Å². The van der Waals surface area contributed by atoms with E-state index < -0.39 is 0 Å². The number of thioether (sulfide) groups is 1. The number of rotatable bonds is 7. The summed E-state index contributed by atoms with van der Waals surface area (Å²) in [6.07, 6.45) is 3.62. The lowest BCUT2D eigenvalue weighted by molar-refractivity contribution is 0.314. The molecule has 3 aromatic heterocycles. The molecule has 3 N–H and O–H groups in total. The van der Waals surface area contributed by atoms with Crippen LogP contribution < -0.4 is 5.32 Å². The molecule has 31 heavy (non-hydrogen) atoms. The highest BCUT2D eigenvalue weighted by Crippen LogP contribution is 2.33. The maximum absolute atomic E-state index is 13.4. The van der Waals surface area contributed by atoms with Crippen molar-refractivity contribution in [1.29, 1.82) is 0 Å². The van der Waals surface area contributed by atoms with Crippen LogP contribution in [0.3, 0.4) is 0 Å². The van der Waals surface area contributed by atoms with Gasteiger partial charge in [-0.2, -0.15) is 0 Å². The molecule has 0 aliphatic heterocycles. The van der Waals surface area contributed by atoms with Crippen LogP contribution in [0.2, 0.25) is 0 Å².